The molecule has 17 heavy (non-hydrogen) atoms. The number of nitrogens with one attached hydrogen (secondary N) is 1. The van der Waals surface area contributed by atoms with Crippen LogP contribution in [0.4, 0.5) is 0 Å². The second-order valence-corrected chi connectivity index (χ2v) is 6.29. The Labute approximate surface area is 103 Å². The van der Waals surface area contributed by atoms with Crippen molar-refractivity contribution >= 4 is 10.0 Å². The highest BCUT2D eigenvalue weighted by Gasteiger charge is 2.31. The Hall–Kier alpha value is -0.910. The van der Waals surface area contributed by atoms with E-state index in [-0.39, 0.29) is 6.04 Å². The van der Waals surface area contributed by atoms with Crippen molar-refractivity contribution in [3.05, 3.63) is 29.8 Å². The molecule has 1 N–H and O–H groups in total. The van der Waals surface area contributed by atoms with Crippen LogP contribution in [-0.4, -0.2) is 38.4 Å². The lowest BCUT2D eigenvalue weighted by molar-refractivity contribution is 0.283. The van der Waals surface area contributed by atoms with Gasteiger partial charge in [-0.25, -0.2) is 8.42 Å². The van der Waals surface area contributed by atoms with E-state index in [0.717, 1.165) is 12.1 Å². The van der Waals surface area contributed by atoms with Crippen LogP contribution >= 0.6 is 0 Å². The van der Waals surface area contributed by atoms with Crippen molar-refractivity contribution in [2.24, 2.45) is 0 Å². The molecule has 1 unspecified atom stereocenters. The minimum atomic E-state index is -3.35. The Morgan fingerprint density at radius 1 is 1.35 bits per heavy atom. The Kier molecular flexibility index (Phi) is 3.51. The molecule has 1 aliphatic heterocycles. The van der Waals surface area contributed by atoms with E-state index >= 15 is 0 Å². The maximum atomic E-state index is 12.5. The van der Waals surface area contributed by atoms with Gasteiger partial charge in [0.25, 0.3) is 0 Å². The van der Waals surface area contributed by atoms with Crippen LogP contribution in [0.1, 0.15) is 12.5 Å². The lowest BCUT2D eigenvalue weighted by atomic mass is 10.2. The van der Waals surface area contributed by atoms with Crippen LogP contribution in [0.3, 0.4) is 0 Å². The second-order valence-electron chi connectivity index (χ2n) is 4.43. The summed E-state index contributed by atoms with van der Waals surface area (Å²) in [5.74, 6) is 0. The lowest BCUT2D eigenvalue weighted by Gasteiger charge is -2.33. The summed E-state index contributed by atoms with van der Waals surface area (Å²) in [5.41, 5.74) is 0.804. The normalized spacial score (nSPS) is 22.6. The molecule has 94 valence electrons. The van der Waals surface area contributed by atoms with Gasteiger partial charge in [-0.15, -0.1) is 0 Å². The van der Waals surface area contributed by atoms with Crippen LogP contribution in [0.25, 0.3) is 0 Å². The largest absolute Gasteiger partial charge is 0.314 e. The molecule has 0 aliphatic carbocycles. The van der Waals surface area contributed by atoms with Gasteiger partial charge in [-0.1, -0.05) is 18.2 Å². The number of hydrogen-bond donors (Lipinski definition) is 1. The number of sulfonamides is 1. The highest BCUT2D eigenvalue weighted by atomic mass is 32.2. The van der Waals surface area contributed by atoms with Crippen LogP contribution in [0.2, 0.25) is 0 Å². The Morgan fingerprint density at radius 3 is 2.71 bits per heavy atom. The predicted molar refractivity (Wildman–Crippen MR) is 67.4 cm³/mol. The highest BCUT2D eigenvalue weighted by molar-refractivity contribution is 7.89. The molecule has 0 spiro atoms. The first kappa shape index (κ1) is 12.5. The van der Waals surface area contributed by atoms with E-state index in [9.17, 15) is 8.42 Å². The first-order valence-corrected chi connectivity index (χ1v) is 7.25. The fraction of sp³-hybridized carbons (Fsp3) is 0.500. The molecule has 1 saturated heterocycles. The van der Waals surface area contributed by atoms with Crippen molar-refractivity contribution in [1.29, 1.82) is 0 Å². The standard InChI is InChI=1S/C12H18N2O2S/c1-10-5-3-4-6-12(10)17(15,16)14-8-7-13-9-11(14)2/h3-6,11,13H,7-9H2,1-2H3. The van der Waals surface area contributed by atoms with E-state index in [2.05, 4.69) is 5.32 Å². The number of rotatable bonds is 2. The van der Waals surface area contributed by atoms with Gasteiger partial charge in [0.2, 0.25) is 10.0 Å². The van der Waals surface area contributed by atoms with Gasteiger partial charge in [0.05, 0.1) is 4.90 Å². The van der Waals surface area contributed by atoms with Crippen LogP contribution in [-0.2, 0) is 10.0 Å². The average molecular weight is 254 g/mol. The van der Waals surface area contributed by atoms with E-state index in [1.807, 2.05) is 26.0 Å². The van der Waals surface area contributed by atoms with E-state index < -0.39 is 10.0 Å². The Balaban J connectivity index is 2.39. The quantitative estimate of drug-likeness (QED) is 0.856. The van der Waals surface area contributed by atoms with Crippen molar-refractivity contribution in [1.82, 2.24) is 9.62 Å². The van der Waals surface area contributed by atoms with Crippen LogP contribution in [0, 0.1) is 6.92 Å². The van der Waals surface area contributed by atoms with Crippen molar-refractivity contribution < 1.29 is 8.42 Å². The van der Waals surface area contributed by atoms with Crippen molar-refractivity contribution in [2.75, 3.05) is 19.6 Å². The van der Waals surface area contributed by atoms with Crippen LogP contribution in [0.5, 0.6) is 0 Å². The number of benzene rings is 1. The molecule has 0 aromatic heterocycles. The van der Waals surface area contributed by atoms with Gasteiger partial charge in [0.1, 0.15) is 0 Å². The first-order valence-electron chi connectivity index (χ1n) is 5.81. The summed E-state index contributed by atoms with van der Waals surface area (Å²) in [4.78, 5) is 0.425. The Morgan fingerprint density at radius 2 is 2.06 bits per heavy atom. The number of hydrogen-bond acceptors (Lipinski definition) is 3. The average Bonchev–Trinajstić information content (AvgIpc) is 2.29. The third-order valence-corrected chi connectivity index (χ3v) is 5.29. The SMILES string of the molecule is Cc1ccccc1S(=O)(=O)N1CCNCC1C. The highest BCUT2D eigenvalue weighted by Crippen LogP contribution is 2.21. The molecule has 5 heteroatoms. The summed E-state index contributed by atoms with van der Waals surface area (Å²) in [6.07, 6.45) is 0. The molecule has 0 bridgehead atoms. The van der Waals surface area contributed by atoms with Crippen LogP contribution < -0.4 is 5.32 Å². The van der Waals surface area contributed by atoms with Gasteiger partial charge in [0, 0.05) is 25.7 Å². The van der Waals surface area contributed by atoms with Gasteiger partial charge in [-0.2, -0.15) is 4.31 Å². The van der Waals surface area contributed by atoms with E-state index in [4.69, 9.17) is 0 Å². The summed E-state index contributed by atoms with van der Waals surface area (Å²) in [5, 5.41) is 3.20. The van der Waals surface area contributed by atoms with Crippen LogP contribution in [0.15, 0.2) is 29.2 Å². The topological polar surface area (TPSA) is 49.4 Å². The minimum Gasteiger partial charge on any atom is -0.314 e. The molecule has 1 aromatic rings. The van der Waals surface area contributed by atoms with Gasteiger partial charge in [-0.3, -0.25) is 0 Å². The summed E-state index contributed by atoms with van der Waals surface area (Å²) < 4.78 is 26.6. The summed E-state index contributed by atoms with van der Waals surface area (Å²) >= 11 is 0. The minimum absolute atomic E-state index is 0.00774. The third kappa shape index (κ3) is 2.36. The third-order valence-electron chi connectivity index (χ3n) is 3.12. The maximum Gasteiger partial charge on any atom is 0.243 e. The molecular weight excluding hydrogens is 236 g/mol. The molecule has 1 heterocycles. The van der Waals surface area contributed by atoms with Crippen molar-refractivity contribution in [3.8, 4) is 0 Å². The molecule has 0 saturated carbocycles. The molecular formula is C12H18N2O2S. The molecule has 1 aromatic carbocycles. The lowest BCUT2D eigenvalue weighted by Crippen LogP contribution is -2.52. The zero-order valence-electron chi connectivity index (χ0n) is 10.2. The van der Waals surface area contributed by atoms with Gasteiger partial charge >= 0.3 is 0 Å². The molecule has 4 nitrogen and oxygen atoms in total. The predicted octanol–water partition coefficient (Wildman–Crippen LogP) is 0.977. The van der Waals surface area contributed by atoms with Gasteiger partial charge < -0.3 is 5.32 Å². The number of piperazine rings is 1. The Bertz CT molecular complexity index is 499. The first-order chi connectivity index (χ1) is 8.03. The number of nitrogens with zero attached hydrogens (tertiary/aromatic N) is 1. The molecule has 0 radical (unpaired) electrons. The maximum absolute atomic E-state index is 12.5. The summed E-state index contributed by atoms with van der Waals surface area (Å²) in [6, 6.07) is 7.15. The molecule has 0 amide bonds. The fourth-order valence-electron chi connectivity index (χ4n) is 2.15. The summed E-state index contributed by atoms with van der Waals surface area (Å²) in [7, 11) is -3.35. The smallest absolute Gasteiger partial charge is 0.243 e. The number of aryl methyl sites for hydroxylation is 1. The van der Waals surface area contributed by atoms with E-state index in [0.29, 0.717) is 18.0 Å². The van der Waals surface area contributed by atoms with Gasteiger partial charge in [0.15, 0.2) is 0 Å². The summed E-state index contributed by atoms with van der Waals surface area (Å²) in [6.45, 7) is 5.74. The molecule has 1 atom stereocenters. The second kappa shape index (κ2) is 4.76. The van der Waals surface area contributed by atoms with E-state index in [1.54, 1.807) is 16.4 Å². The fourth-order valence-corrected chi connectivity index (χ4v) is 4.01. The van der Waals surface area contributed by atoms with Crippen molar-refractivity contribution in [3.63, 3.8) is 0 Å². The zero-order valence-corrected chi connectivity index (χ0v) is 11.0. The molecule has 2 rings (SSSR count). The van der Waals surface area contributed by atoms with Gasteiger partial charge in [-0.05, 0) is 25.5 Å². The molecule has 1 fully saturated rings. The monoisotopic (exact) mass is 254 g/mol. The molecule has 1 aliphatic rings. The van der Waals surface area contributed by atoms with Crippen molar-refractivity contribution in [2.45, 2.75) is 24.8 Å². The van der Waals surface area contributed by atoms with E-state index in [1.165, 1.54) is 0 Å². The zero-order chi connectivity index (χ0) is 12.5.